The zero-order valence-corrected chi connectivity index (χ0v) is 47.5. The maximum Gasteiger partial charge on any atom is 0.306 e. The van der Waals surface area contributed by atoms with Gasteiger partial charge >= 0.3 is 17.9 Å². The Morgan fingerprint density at radius 1 is 0.275 bits per heavy atom. The van der Waals surface area contributed by atoms with Crippen LogP contribution in [0.2, 0.25) is 0 Å². The third-order valence-corrected chi connectivity index (χ3v) is 14.5. The fraction of sp³-hybridized carbons (Fsp3) is 0.952. The number of esters is 3. The lowest BCUT2D eigenvalue weighted by Crippen LogP contribution is -2.30. The lowest BCUT2D eigenvalue weighted by molar-refractivity contribution is -0.167. The van der Waals surface area contributed by atoms with Gasteiger partial charge in [-0.25, -0.2) is 0 Å². The molecule has 0 radical (unpaired) electrons. The van der Waals surface area contributed by atoms with E-state index in [0.29, 0.717) is 19.3 Å². The first-order valence-electron chi connectivity index (χ1n) is 31.2. The Morgan fingerprint density at radius 3 is 0.710 bits per heavy atom. The topological polar surface area (TPSA) is 78.9 Å². The molecule has 410 valence electrons. The Kier molecular flexibility index (Phi) is 54.4. The van der Waals surface area contributed by atoms with Crippen LogP contribution in [0.1, 0.15) is 356 Å². The van der Waals surface area contributed by atoms with E-state index in [1.807, 2.05) is 0 Å². The van der Waals surface area contributed by atoms with Crippen molar-refractivity contribution in [2.45, 2.75) is 362 Å². The van der Waals surface area contributed by atoms with E-state index in [0.717, 1.165) is 69.6 Å². The van der Waals surface area contributed by atoms with Gasteiger partial charge in [0.05, 0.1) is 0 Å². The first-order chi connectivity index (χ1) is 33.7. The highest BCUT2D eigenvalue weighted by Gasteiger charge is 2.19. The van der Waals surface area contributed by atoms with Gasteiger partial charge in [-0.2, -0.15) is 0 Å². The van der Waals surface area contributed by atoms with E-state index in [-0.39, 0.29) is 31.1 Å². The van der Waals surface area contributed by atoms with Crippen LogP contribution in [0.25, 0.3) is 0 Å². The average molecular weight is 976 g/mol. The van der Waals surface area contributed by atoms with Crippen LogP contribution >= 0.6 is 0 Å². The quantitative estimate of drug-likeness (QED) is 0.0343. The average Bonchev–Trinajstić information content (AvgIpc) is 3.32. The van der Waals surface area contributed by atoms with Crippen molar-refractivity contribution in [1.82, 2.24) is 0 Å². The molecule has 0 heterocycles. The largest absolute Gasteiger partial charge is 0.462 e. The van der Waals surface area contributed by atoms with Gasteiger partial charge < -0.3 is 14.2 Å². The van der Waals surface area contributed by atoms with E-state index in [2.05, 4.69) is 34.6 Å². The summed E-state index contributed by atoms with van der Waals surface area (Å²) >= 11 is 0. The molecule has 0 bridgehead atoms. The molecule has 0 fully saturated rings. The lowest BCUT2D eigenvalue weighted by atomic mass is 10.0. The van der Waals surface area contributed by atoms with Gasteiger partial charge in [-0.3, -0.25) is 14.4 Å². The van der Waals surface area contributed by atoms with E-state index in [1.54, 1.807) is 0 Å². The van der Waals surface area contributed by atoms with Crippen LogP contribution in [0, 0.1) is 11.8 Å². The number of rotatable bonds is 57. The zero-order valence-electron chi connectivity index (χ0n) is 47.5. The third-order valence-electron chi connectivity index (χ3n) is 14.5. The summed E-state index contributed by atoms with van der Waals surface area (Å²) in [5.41, 5.74) is 0. The standard InChI is InChI=1S/C63H122O6/c1-6-7-8-9-10-11-12-13-16-25-30-35-40-45-50-55-63(66)69-60(57-68-62(65)54-49-44-39-34-29-24-20-19-22-27-32-37-42-47-52-59(4)5)56-67-61(64)53-48-43-38-33-28-23-18-15-14-17-21-26-31-36-41-46-51-58(2)3/h58-60H,6-57H2,1-5H3/t60-/m1/s1. The molecule has 69 heavy (non-hydrogen) atoms. The first-order valence-corrected chi connectivity index (χ1v) is 31.2. The molecular weight excluding hydrogens is 853 g/mol. The van der Waals surface area contributed by atoms with Crippen molar-refractivity contribution in [3.8, 4) is 0 Å². The molecule has 0 aliphatic rings. The second kappa shape index (κ2) is 55.7. The number of hydrogen-bond donors (Lipinski definition) is 0. The van der Waals surface area contributed by atoms with E-state index in [4.69, 9.17) is 14.2 Å². The van der Waals surface area contributed by atoms with Crippen molar-refractivity contribution in [2.75, 3.05) is 13.2 Å². The fourth-order valence-corrected chi connectivity index (χ4v) is 9.76. The number of hydrogen-bond acceptors (Lipinski definition) is 6. The molecule has 0 aromatic heterocycles. The van der Waals surface area contributed by atoms with Crippen LogP contribution in [0.15, 0.2) is 0 Å². The van der Waals surface area contributed by atoms with E-state index >= 15 is 0 Å². The number of carbonyl (C=O) groups is 3. The highest BCUT2D eigenvalue weighted by Crippen LogP contribution is 2.19. The molecular formula is C63H122O6. The normalized spacial score (nSPS) is 12.0. The van der Waals surface area contributed by atoms with Gasteiger partial charge in [0.15, 0.2) is 6.10 Å². The Balaban J connectivity index is 4.28. The van der Waals surface area contributed by atoms with Gasteiger partial charge in [0.25, 0.3) is 0 Å². The minimum absolute atomic E-state index is 0.0619. The van der Waals surface area contributed by atoms with Gasteiger partial charge in [0.1, 0.15) is 13.2 Å². The number of unbranched alkanes of at least 4 members (excludes halogenated alkanes) is 42. The minimum Gasteiger partial charge on any atom is -0.462 e. The van der Waals surface area contributed by atoms with E-state index in [1.165, 1.54) is 244 Å². The van der Waals surface area contributed by atoms with Crippen molar-refractivity contribution in [3.63, 3.8) is 0 Å². The molecule has 0 aromatic carbocycles. The highest BCUT2D eigenvalue weighted by molar-refractivity contribution is 5.71. The Labute approximate surface area is 431 Å². The van der Waals surface area contributed by atoms with Crippen molar-refractivity contribution in [2.24, 2.45) is 11.8 Å². The molecule has 0 rings (SSSR count). The molecule has 0 amide bonds. The predicted molar refractivity (Wildman–Crippen MR) is 298 cm³/mol. The fourth-order valence-electron chi connectivity index (χ4n) is 9.76. The Bertz CT molecular complexity index is 1060. The van der Waals surface area contributed by atoms with E-state index < -0.39 is 6.10 Å². The summed E-state index contributed by atoms with van der Waals surface area (Å²) in [5, 5.41) is 0. The zero-order chi connectivity index (χ0) is 50.4. The van der Waals surface area contributed by atoms with Crippen LogP contribution in [0.4, 0.5) is 0 Å². The number of carbonyl (C=O) groups excluding carboxylic acids is 3. The molecule has 0 aliphatic carbocycles. The van der Waals surface area contributed by atoms with Crippen LogP contribution in [-0.2, 0) is 28.6 Å². The molecule has 6 nitrogen and oxygen atoms in total. The molecule has 6 heteroatoms. The highest BCUT2D eigenvalue weighted by atomic mass is 16.6. The molecule has 1 atom stereocenters. The second-order valence-electron chi connectivity index (χ2n) is 22.6. The predicted octanol–water partition coefficient (Wildman–Crippen LogP) is 20.8. The van der Waals surface area contributed by atoms with Gasteiger partial charge in [-0.05, 0) is 31.1 Å². The summed E-state index contributed by atoms with van der Waals surface area (Å²) in [4.78, 5) is 38.3. The minimum atomic E-state index is -0.763. The smallest absolute Gasteiger partial charge is 0.306 e. The van der Waals surface area contributed by atoms with Gasteiger partial charge in [0.2, 0.25) is 0 Å². The van der Waals surface area contributed by atoms with Crippen molar-refractivity contribution in [3.05, 3.63) is 0 Å². The van der Waals surface area contributed by atoms with Crippen molar-refractivity contribution < 1.29 is 28.6 Å². The summed E-state index contributed by atoms with van der Waals surface area (Å²) < 4.78 is 16.9. The SMILES string of the molecule is CCCCCCCCCCCCCCCCCC(=O)O[C@H](COC(=O)CCCCCCCCCCCCCCCCCCC(C)C)COC(=O)CCCCCCCCCCCCCCCCC(C)C. The Morgan fingerprint density at radius 2 is 0.478 bits per heavy atom. The van der Waals surface area contributed by atoms with Crippen molar-refractivity contribution in [1.29, 1.82) is 0 Å². The Hall–Kier alpha value is -1.59. The van der Waals surface area contributed by atoms with E-state index in [9.17, 15) is 14.4 Å². The van der Waals surface area contributed by atoms with Crippen LogP contribution in [0.5, 0.6) is 0 Å². The molecule has 0 aromatic rings. The van der Waals surface area contributed by atoms with Gasteiger partial charge in [-0.15, -0.1) is 0 Å². The van der Waals surface area contributed by atoms with Crippen LogP contribution < -0.4 is 0 Å². The summed E-state index contributed by atoms with van der Waals surface area (Å²) in [6, 6.07) is 0. The lowest BCUT2D eigenvalue weighted by Gasteiger charge is -2.18. The summed E-state index contributed by atoms with van der Waals surface area (Å²) in [6.45, 7) is 11.5. The molecule has 0 saturated heterocycles. The maximum absolute atomic E-state index is 12.9. The number of ether oxygens (including phenoxy) is 3. The first kappa shape index (κ1) is 67.4. The third kappa shape index (κ3) is 57.2. The van der Waals surface area contributed by atoms with Crippen LogP contribution in [-0.4, -0.2) is 37.2 Å². The summed E-state index contributed by atoms with van der Waals surface area (Å²) in [5.74, 6) is 0.865. The summed E-state index contributed by atoms with van der Waals surface area (Å²) in [6.07, 6.45) is 61.0. The maximum atomic E-state index is 12.9. The molecule has 0 aliphatic heterocycles. The monoisotopic (exact) mass is 975 g/mol. The molecule has 0 spiro atoms. The van der Waals surface area contributed by atoms with Gasteiger partial charge in [-0.1, -0.05) is 317 Å². The summed E-state index contributed by atoms with van der Waals surface area (Å²) in [7, 11) is 0. The molecule has 0 unspecified atom stereocenters. The van der Waals surface area contributed by atoms with Gasteiger partial charge in [0, 0.05) is 19.3 Å². The van der Waals surface area contributed by atoms with Crippen molar-refractivity contribution >= 4 is 17.9 Å². The molecule has 0 saturated carbocycles. The molecule has 0 N–H and O–H groups in total. The second-order valence-corrected chi connectivity index (χ2v) is 22.6. The van der Waals surface area contributed by atoms with Crippen LogP contribution in [0.3, 0.4) is 0 Å².